The first kappa shape index (κ1) is 21.2. The molecule has 0 bridgehead atoms. The molecule has 0 N–H and O–H groups in total. The van der Waals surface area contributed by atoms with Crippen LogP contribution in [0.1, 0.15) is 99.3 Å². The van der Waals surface area contributed by atoms with Crippen LogP contribution in [0.4, 0.5) is 0 Å². The van der Waals surface area contributed by atoms with Gasteiger partial charge in [-0.2, -0.15) is 0 Å². The van der Waals surface area contributed by atoms with Crippen molar-refractivity contribution in [3.05, 3.63) is 70.8 Å². The van der Waals surface area contributed by atoms with E-state index in [9.17, 15) is 0 Å². The number of hydrogen-bond acceptors (Lipinski definition) is 0. The van der Waals surface area contributed by atoms with Crippen molar-refractivity contribution in [2.24, 2.45) is 17.8 Å². The molecular formula is C30H38. The fraction of sp³-hybridized carbons (Fsp3) is 0.533. The second-order valence-electron chi connectivity index (χ2n) is 9.94. The molecule has 158 valence electrons. The second kappa shape index (κ2) is 10.3. The van der Waals surface area contributed by atoms with E-state index in [1.165, 1.54) is 69.8 Å². The molecule has 0 radical (unpaired) electrons. The molecule has 0 heterocycles. The van der Waals surface area contributed by atoms with Crippen LogP contribution < -0.4 is 0 Å². The zero-order chi connectivity index (χ0) is 20.8. The Hall–Kier alpha value is -2.00. The van der Waals surface area contributed by atoms with Gasteiger partial charge >= 0.3 is 0 Å². The summed E-state index contributed by atoms with van der Waals surface area (Å²) < 4.78 is 0. The van der Waals surface area contributed by atoms with Crippen molar-refractivity contribution in [3.8, 4) is 11.8 Å². The largest absolute Gasteiger partial charge is 0.0654 e. The lowest BCUT2D eigenvalue weighted by molar-refractivity contribution is 0.113. The van der Waals surface area contributed by atoms with Crippen LogP contribution in [-0.4, -0.2) is 0 Å². The zero-order valence-corrected chi connectivity index (χ0v) is 19.0. The van der Waals surface area contributed by atoms with Gasteiger partial charge in [0, 0.05) is 11.1 Å². The van der Waals surface area contributed by atoms with Gasteiger partial charge in [-0.1, -0.05) is 80.7 Å². The molecule has 2 saturated carbocycles. The van der Waals surface area contributed by atoms with Crippen molar-refractivity contribution in [1.29, 1.82) is 0 Å². The molecule has 0 amide bonds. The summed E-state index contributed by atoms with van der Waals surface area (Å²) >= 11 is 0. The summed E-state index contributed by atoms with van der Waals surface area (Å²) in [5.41, 5.74) is 5.04. The maximum Gasteiger partial charge on any atom is 0.0249 e. The van der Waals surface area contributed by atoms with Crippen LogP contribution in [-0.2, 0) is 0 Å². The van der Waals surface area contributed by atoms with Gasteiger partial charge in [0.05, 0.1) is 0 Å². The number of unbranched alkanes of at least 4 members (excludes halogenated alkanes) is 2. The summed E-state index contributed by atoms with van der Waals surface area (Å²) in [7, 11) is 0. The highest BCUT2D eigenvalue weighted by molar-refractivity contribution is 5.44. The number of hydrogen-bond donors (Lipinski definition) is 0. The summed E-state index contributed by atoms with van der Waals surface area (Å²) in [4.78, 5) is 0. The predicted octanol–water partition coefficient (Wildman–Crippen LogP) is 8.28. The lowest BCUT2D eigenvalue weighted by Crippen LogP contribution is -2.30. The van der Waals surface area contributed by atoms with Crippen molar-refractivity contribution < 1.29 is 0 Å². The average molecular weight is 399 g/mol. The molecule has 2 fully saturated rings. The highest BCUT2D eigenvalue weighted by Crippen LogP contribution is 2.48. The van der Waals surface area contributed by atoms with E-state index in [-0.39, 0.29) is 0 Å². The highest BCUT2D eigenvalue weighted by atomic mass is 14.4. The van der Waals surface area contributed by atoms with Crippen LogP contribution in [0.25, 0.3) is 0 Å². The SMILES string of the molecule is CCCCCC1CCC2CC(c3ccc(C#Cc4ccc(C)cc4)cc3)CCC2C1. The first-order chi connectivity index (χ1) is 14.7. The molecule has 4 atom stereocenters. The van der Waals surface area contributed by atoms with Gasteiger partial charge in [0.15, 0.2) is 0 Å². The van der Waals surface area contributed by atoms with Crippen LogP contribution >= 0.6 is 0 Å². The number of benzene rings is 2. The Balaban J connectivity index is 1.31. The average Bonchev–Trinajstić information content (AvgIpc) is 2.79. The standard InChI is InChI=1S/C30H38/c1-3-4-5-6-26-15-18-30-22-29(20-19-28(30)21-26)27-16-13-25(14-17-27)12-11-24-9-7-23(2)8-10-24/h7-10,13-14,16-17,26,28-30H,3-6,15,18-22H2,1-2H3. The third-order valence-electron chi connectivity index (χ3n) is 7.72. The predicted molar refractivity (Wildman–Crippen MR) is 129 cm³/mol. The van der Waals surface area contributed by atoms with E-state index >= 15 is 0 Å². The van der Waals surface area contributed by atoms with Gasteiger partial charge in [-0.3, -0.25) is 0 Å². The molecule has 0 saturated heterocycles. The third-order valence-corrected chi connectivity index (χ3v) is 7.72. The molecule has 2 aliphatic carbocycles. The zero-order valence-electron chi connectivity index (χ0n) is 19.0. The topological polar surface area (TPSA) is 0 Å². The van der Waals surface area contributed by atoms with Crippen LogP contribution in [0.2, 0.25) is 0 Å². The maximum absolute atomic E-state index is 3.33. The van der Waals surface area contributed by atoms with Gasteiger partial charge in [-0.15, -0.1) is 0 Å². The van der Waals surface area contributed by atoms with Gasteiger partial charge < -0.3 is 0 Å². The Morgan fingerprint density at radius 3 is 2.07 bits per heavy atom. The Morgan fingerprint density at radius 2 is 1.37 bits per heavy atom. The lowest BCUT2D eigenvalue weighted by atomic mass is 9.63. The first-order valence-electron chi connectivity index (χ1n) is 12.4. The number of aryl methyl sites for hydroxylation is 1. The molecule has 0 nitrogen and oxygen atoms in total. The molecule has 2 aromatic carbocycles. The van der Waals surface area contributed by atoms with Crippen molar-refractivity contribution in [2.75, 3.05) is 0 Å². The molecule has 0 aliphatic heterocycles. The van der Waals surface area contributed by atoms with Crippen LogP contribution in [0.15, 0.2) is 48.5 Å². The molecule has 30 heavy (non-hydrogen) atoms. The minimum atomic E-state index is 0.766. The van der Waals surface area contributed by atoms with Gasteiger partial charge in [0.1, 0.15) is 0 Å². The van der Waals surface area contributed by atoms with Gasteiger partial charge in [0.25, 0.3) is 0 Å². The molecule has 0 spiro atoms. The van der Waals surface area contributed by atoms with Crippen LogP contribution in [0.5, 0.6) is 0 Å². The monoisotopic (exact) mass is 398 g/mol. The molecule has 4 rings (SSSR count). The fourth-order valence-corrected chi connectivity index (χ4v) is 5.85. The van der Waals surface area contributed by atoms with E-state index in [0.717, 1.165) is 34.8 Å². The van der Waals surface area contributed by atoms with E-state index in [0.29, 0.717) is 0 Å². The maximum atomic E-state index is 3.33. The van der Waals surface area contributed by atoms with Crippen molar-refractivity contribution >= 4 is 0 Å². The second-order valence-corrected chi connectivity index (χ2v) is 9.94. The smallest absolute Gasteiger partial charge is 0.0249 e. The molecular weight excluding hydrogens is 360 g/mol. The van der Waals surface area contributed by atoms with Crippen LogP contribution in [0.3, 0.4) is 0 Å². The van der Waals surface area contributed by atoms with Crippen LogP contribution in [0, 0.1) is 36.5 Å². The van der Waals surface area contributed by atoms with Crippen molar-refractivity contribution in [3.63, 3.8) is 0 Å². The Kier molecular flexibility index (Phi) is 7.33. The van der Waals surface area contributed by atoms with Gasteiger partial charge in [0.2, 0.25) is 0 Å². The normalized spacial score (nSPS) is 25.8. The van der Waals surface area contributed by atoms with E-state index in [1.807, 2.05) is 0 Å². The van der Waals surface area contributed by atoms with E-state index in [2.05, 4.69) is 74.2 Å². The highest BCUT2D eigenvalue weighted by Gasteiger charge is 2.35. The molecule has 0 aromatic heterocycles. The summed E-state index contributed by atoms with van der Waals surface area (Å²) in [6, 6.07) is 17.6. The van der Waals surface area contributed by atoms with Gasteiger partial charge in [-0.05, 0) is 92.5 Å². The van der Waals surface area contributed by atoms with E-state index in [4.69, 9.17) is 0 Å². The lowest BCUT2D eigenvalue weighted by Gasteiger charge is -2.42. The van der Waals surface area contributed by atoms with Crippen molar-refractivity contribution in [1.82, 2.24) is 0 Å². The van der Waals surface area contributed by atoms with E-state index in [1.54, 1.807) is 5.56 Å². The quantitative estimate of drug-likeness (QED) is 0.351. The van der Waals surface area contributed by atoms with Crippen molar-refractivity contribution in [2.45, 2.75) is 84.0 Å². The Morgan fingerprint density at radius 1 is 0.733 bits per heavy atom. The number of rotatable bonds is 5. The molecule has 0 heteroatoms. The summed E-state index contributed by atoms with van der Waals surface area (Å²) in [5, 5.41) is 0. The summed E-state index contributed by atoms with van der Waals surface area (Å²) in [6.07, 6.45) is 14.5. The summed E-state index contributed by atoms with van der Waals surface area (Å²) in [6.45, 7) is 4.43. The van der Waals surface area contributed by atoms with E-state index < -0.39 is 0 Å². The summed E-state index contributed by atoms with van der Waals surface area (Å²) in [5.74, 6) is 10.4. The minimum absolute atomic E-state index is 0.766. The molecule has 4 unspecified atom stereocenters. The molecule has 2 aromatic rings. The molecule has 2 aliphatic rings. The Bertz CT molecular complexity index is 846. The van der Waals surface area contributed by atoms with Gasteiger partial charge in [-0.25, -0.2) is 0 Å². The fourth-order valence-electron chi connectivity index (χ4n) is 5.85. The number of fused-ring (bicyclic) bond motifs is 1. The minimum Gasteiger partial charge on any atom is -0.0654 e. The third kappa shape index (κ3) is 5.57. The Labute approximate surface area is 184 Å². The first-order valence-corrected chi connectivity index (χ1v) is 12.4.